The van der Waals surface area contributed by atoms with E-state index in [0.717, 1.165) is 68.9 Å². The molecule has 1 aromatic rings. The standard InChI is InChI=1S/C18H29N5O/c1-5-9-20-18(19-6-2)21-12-16-7-10-23(11-8-16)13-17-22-14(3)15(4)24-17/h1,16H,6-13H2,2-4H3,(H2,19,20,21). The SMILES string of the molecule is C#CCNC(=NCC1CCN(Cc2nc(C)c(C)o2)CC1)NCC. The minimum atomic E-state index is 0.499. The molecule has 1 aromatic heterocycles. The lowest BCUT2D eigenvalue weighted by Gasteiger charge is -2.30. The molecule has 6 nitrogen and oxygen atoms in total. The average Bonchev–Trinajstić information content (AvgIpc) is 2.89. The molecule has 0 spiro atoms. The van der Waals surface area contributed by atoms with Crippen LogP contribution in [0.25, 0.3) is 0 Å². The molecule has 0 amide bonds. The van der Waals surface area contributed by atoms with E-state index in [4.69, 9.17) is 10.8 Å². The molecule has 0 aromatic carbocycles. The first kappa shape index (κ1) is 18.3. The summed E-state index contributed by atoms with van der Waals surface area (Å²) < 4.78 is 5.68. The number of nitrogens with one attached hydrogen (secondary N) is 2. The minimum Gasteiger partial charge on any atom is -0.444 e. The number of likely N-dealkylation sites (tertiary alicyclic amines) is 1. The van der Waals surface area contributed by atoms with Crippen molar-refractivity contribution in [3.8, 4) is 12.3 Å². The second-order valence-corrected chi connectivity index (χ2v) is 6.25. The van der Waals surface area contributed by atoms with E-state index in [9.17, 15) is 0 Å². The molecule has 0 bridgehead atoms. The summed E-state index contributed by atoms with van der Waals surface area (Å²) in [6.07, 6.45) is 7.59. The number of aryl methyl sites for hydroxylation is 2. The maximum Gasteiger partial charge on any atom is 0.208 e. The summed E-state index contributed by atoms with van der Waals surface area (Å²) in [6.45, 7) is 11.1. The van der Waals surface area contributed by atoms with Crippen molar-refractivity contribution in [1.29, 1.82) is 0 Å². The molecule has 6 heteroatoms. The normalized spacial score (nSPS) is 16.8. The largest absolute Gasteiger partial charge is 0.444 e. The van der Waals surface area contributed by atoms with Gasteiger partial charge in [0.1, 0.15) is 5.76 Å². The maximum absolute atomic E-state index is 5.68. The highest BCUT2D eigenvalue weighted by Gasteiger charge is 2.20. The van der Waals surface area contributed by atoms with Gasteiger partial charge in [-0.25, -0.2) is 4.98 Å². The minimum absolute atomic E-state index is 0.499. The Bertz CT molecular complexity index is 559. The predicted octanol–water partition coefficient (Wildman–Crippen LogP) is 1.69. The highest BCUT2D eigenvalue weighted by atomic mass is 16.4. The molecule has 1 aliphatic rings. The molecule has 0 radical (unpaired) electrons. The van der Waals surface area contributed by atoms with Crippen LogP contribution in [0.1, 0.15) is 37.1 Å². The van der Waals surface area contributed by atoms with E-state index < -0.39 is 0 Å². The van der Waals surface area contributed by atoms with Crippen LogP contribution in [0.15, 0.2) is 9.41 Å². The summed E-state index contributed by atoms with van der Waals surface area (Å²) in [5.74, 6) is 5.75. The second kappa shape index (κ2) is 9.33. The molecule has 2 heterocycles. The third-order valence-corrected chi connectivity index (χ3v) is 4.35. The van der Waals surface area contributed by atoms with Crippen LogP contribution in [-0.4, -0.2) is 48.6 Å². The van der Waals surface area contributed by atoms with Gasteiger partial charge in [-0.3, -0.25) is 9.89 Å². The molecule has 0 unspecified atom stereocenters. The number of oxazole rings is 1. The third-order valence-electron chi connectivity index (χ3n) is 4.35. The van der Waals surface area contributed by atoms with Gasteiger partial charge >= 0.3 is 0 Å². The zero-order valence-corrected chi connectivity index (χ0v) is 15.1. The van der Waals surface area contributed by atoms with Gasteiger partial charge in [-0.1, -0.05) is 5.92 Å². The Balaban J connectivity index is 1.76. The van der Waals surface area contributed by atoms with E-state index >= 15 is 0 Å². The first-order valence-electron chi connectivity index (χ1n) is 8.73. The first-order chi connectivity index (χ1) is 11.6. The summed E-state index contributed by atoms with van der Waals surface area (Å²) in [5.41, 5.74) is 0.990. The van der Waals surface area contributed by atoms with Gasteiger partial charge in [0.05, 0.1) is 18.8 Å². The third kappa shape index (κ3) is 5.57. The fourth-order valence-electron chi connectivity index (χ4n) is 2.82. The molecule has 0 aliphatic carbocycles. The monoisotopic (exact) mass is 331 g/mol. The summed E-state index contributed by atoms with van der Waals surface area (Å²) in [4.78, 5) is 11.5. The zero-order chi connectivity index (χ0) is 17.4. The Morgan fingerprint density at radius 2 is 2.12 bits per heavy atom. The van der Waals surface area contributed by atoms with Crippen LogP contribution >= 0.6 is 0 Å². The molecule has 24 heavy (non-hydrogen) atoms. The van der Waals surface area contributed by atoms with Crippen molar-refractivity contribution >= 4 is 5.96 Å². The van der Waals surface area contributed by atoms with E-state index in [2.05, 4.69) is 38.4 Å². The number of piperidine rings is 1. The second-order valence-electron chi connectivity index (χ2n) is 6.25. The van der Waals surface area contributed by atoms with Gasteiger partial charge in [-0.15, -0.1) is 6.42 Å². The van der Waals surface area contributed by atoms with Gasteiger partial charge < -0.3 is 15.1 Å². The van der Waals surface area contributed by atoms with Crippen LogP contribution in [0.4, 0.5) is 0 Å². The van der Waals surface area contributed by atoms with Crippen molar-refractivity contribution in [2.75, 3.05) is 32.7 Å². The molecule has 1 saturated heterocycles. The van der Waals surface area contributed by atoms with Crippen molar-refractivity contribution < 1.29 is 4.42 Å². The Morgan fingerprint density at radius 1 is 1.38 bits per heavy atom. The highest BCUT2D eigenvalue weighted by molar-refractivity contribution is 5.79. The lowest BCUT2D eigenvalue weighted by atomic mass is 9.97. The van der Waals surface area contributed by atoms with Crippen molar-refractivity contribution in [2.45, 2.75) is 40.2 Å². The lowest BCUT2D eigenvalue weighted by Crippen LogP contribution is -2.38. The number of nitrogens with zero attached hydrogens (tertiary/aromatic N) is 3. The summed E-state index contributed by atoms with van der Waals surface area (Å²) in [7, 11) is 0. The van der Waals surface area contributed by atoms with Crippen LogP contribution in [0.2, 0.25) is 0 Å². The van der Waals surface area contributed by atoms with Crippen molar-refractivity contribution in [3.63, 3.8) is 0 Å². The van der Waals surface area contributed by atoms with Crippen molar-refractivity contribution in [2.24, 2.45) is 10.9 Å². The quantitative estimate of drug-likeness (QED) is 0.472. The molecule has 0 atom stereocenters. The van der Waals surface area contributed by atoms with E-state index in [1.807, 2.05) is 13.8 Å². The molecule has 1 fully saturated rings. The number of aromatic nitrogens is 1. The Labute approximate surface area is 145 Å². The fraction of sp³-hybridized carbons (Fsp3) is 0.667. The number of guanidine groups is 1. The number of hydrogen-bond acceptors (Lipinski definition) is 4. The number of rotatable bonds is 6. The summed E-state index contributed by atoms with van der Waals surface area (Å²) in [5, 5.41) is 6.35. The van der Waals surface area contributed by atoms with E-state index in [1.165, 1.54) is 0 Å². The lowest BCUT2D eigenvalue weighted by molar-refractivity contribution is 0.166. The van der Waals surface area contributed by atoms with E-state index in [-0.39, 0.29) is 0 Å². The molecule has 132 valence electrons. The van der Waals surface area contributed by atoms with Crippen LogP contribution in [-0.2, 0) is 6.54 Å². The first-order valence-corrected chi connectivity index (χ1v) is 8.73. The fourth-order valence-corrected chi connectivity index (χ4v) is 2.82. The van der Waals surface area contributed by atoms with Crippen LogP contribution in [0, 0.1) is 32.1 Å². The summed E-state index contributed by atoms with van der Waals surface area (Å²) in [6, 6.07) is 0. The smallest absolute Gasteiger partial charge is 0.208 e. The van der Waals surface area contributed by atoms with Gasteiger partial charge in [0.25, 0.3) is 0 Å². The van der Waals surface area contributed by atoms with Crippen molar-refractivity contribution in [3.05, 3.63) is 17.3 Å². The van der Waals surface area contributed by atoms with Gasteiger partial charge in [-0.2, -0.15) is 0 Å². The zero-order valence-electron chi connectivity index (χ0n) is 15.1. The van der Waals surface area contributed by atoms with Gasteiger partial charge in [-0.05, 0) is 52.6 Å². The van der Waals surface area contributed by atoms with Crippen LogP contribution in [0.3, 0.4) is 0 Å². The Morgan fingerprint density at radius 3 is 2.71 bits per heavy atom. The number of terminal acetylenes is 1. The number of aliphatic imine (C=N–C) groups is 1. The molecule has 0 saturated carbocycles. The highest BCUT2D eigenvalue weighted by Crippen LogP contribution is 2.20. The molecule has 2 rings (SSSR count). The Hall–Kier alpha value is -2.00. The topological polar surface area (TPSA) is 65.7 Å². The van der Waals surface area contributed by atoms with Crippen molar-refractivity contribution in [1.82, 2.24) is 20.5 Å². The molecular weight excluding hydrogens is 302 g/mol. The van der Waals surface area contributed by atoms with Crippen LogP contribution < -0.4 is 10.6 Å². The summed E-state index contributed by atoms with van der Waals surface area (Å²) >= 11 is 0. The Kier molecular flexibility index (Phi) is 7.13. The predicted molar refractivity (Wildman–Crippen MR) is 96.8 cm³/mol. The van der Waals surface area contributed by atoms with E-state index in [1.54, 1.807) is 0 Å². The average molecular weight is 331 g/mol. The van der Waals surface area contributed by atoms with E-state index in [0.29, 0.717) is 12.5 Å². The maximum atomic E-state index is 5.68. The van der Waals surface area contributed by atoms with Gasteiger partial charge in [0.15, 0.2) is 5.96 Å². The molecule has 1 aliphatic heterocycles. The number of hydrogen-bond donors (Lipinski definition) is 2. The molecule has 2 N–H and O–H groups in total. The van der Waals surface area contributed by atoms with Gasteiger partial charge in [0.2, 0.25) is 5.89 Å². The van der Waals surface area contributed by atoms with Gasteiger partial charge in [0, 0.05) is 13.1 Å². The molecular formula is C18H29N5O. The van der Waals surface area contributed by atoms with Crippen LogP contribution in [0.5, 0.6) is 0 Å².